The molecule has 0 aromatic heterocycles. The fraction of sp³-hybridized carbons (Fsp3) is 0.318. The summed E-state index contributed by atoms with van der Waals surface area (Å²) < 4.78 is 33.0. The van der Waals surface area contributed by atoms with E-state index in [9.17, 15) is 19.2 Å². The number of unbranched alkanes of at least 4 members (excludes halogenated alkanes) is 3. The van der Waals surface area contributed by atoms with Crippen LogP contribution in [-0.4, -0.2) is 50.8 Å². The highest BCUT2D eigenvalue weighted by atomic mass is 16.6. The van der Waals surface area contributed by atoms with E-state index in [1.165, 1.54) is 50.3 Å². The smallest absolute Gasteiger partial charge is 0.343 e. The standard InChI is InChI=1S/C44H46O10/c1-30(2)42(46)51-25-9-5-4-8-24-50-38-21-18-34-27-36(15-14-35(34)28-38)44(48)53-37-19-16-33(17-20-37)43(47)54-39-22-12-31(26-40(39)49-3)13-23-41(45)52-29-32-10-6-7-11-32/h12-23,26-28,32H,1,4-11,24-25,29H2,2-3H3/b23-13+. The first-order chi connectivity index (χ1) is 26.2. The van der Waals surface area contributed by atoms with Crippen LogP contribution in [0.5, 0.6) is 23.0 Å². The van der Waals surface area contributed by atoms with Crippen LogP contribution < -0.4 is 18.9 Å². The number of benzene rings is 4. The maximum atomic E-state index is 13.0. The monoisotopic (exact) mass is 734 g/mol. The molecular weight excluding hydrogens is 688 g/mol. The van der Waals surface area contributed by atoms with Crippen LogP contribution in [0.1, 0.15) is 84.6 Å². The maximum Gasteiger partial charge on any atom is 0.343 e. The Morgan fingerprint density at radius 2 is 1.37 bits per heavy atom. The molecule has 0 heterocycles. The Morgan fingerprint density at radius 3 is 2.11 bits per heavy atom. The Morgan fingerprint density at radius 1 is 0.704 bits per heavy atom. The largest absolute Gasteiger partial charge is 0.494 e. The van der Waals surface area contributed by atoms with Crippen molar-refractivity contribution in [1.29, 1.82) is 0 Å². The third-order valence-electron chi connectivity index (χ3n) is 8.98. The van der Waals surface area contributed by atoms with Gasteiger partial charge in [0.2, 0.25) is 0 Å². The molecule has 0 bridgehead atoms. The van der Waals surface area contributed by atoms with Crippen LogP contribution in [0.4, 0.5) is 0 Å². The Bertz CT molecular complexity index is 1970. The van der Waals surface area contributed by atoms with Gasteiger partial charge in [0, 0.05) is 11.6 Å². The molecule has 1 fully saturated rings. The molecule has 1 aliphatic carbocycles. The fourth-order valence-electron chi connectivity index (χ4n) is 5.92. The van der Waals surface area contributed by atoms with E-state index in [-0.39, 0.29) is 23.0 Å². The van der Waals surface area contributed by atoms with Crippen molar-refractivity contribution in [3.63, 3.8) is 0 Å². The minimum Gasteiger partial charge on any atom is -0.494 e. The van der Waals surface area contributed by atoms with Crippen molar-refractivity contribution in [3.05, 3.63) is 114 Å². The molecule has 4 aromatic carbocycles. The highest BCUT2D eigenvalue weighted by Crippen LogP contribution is 2.30. The lowest BCUT2D eigenvalue weighted by Gasteiger charge is -2.11. The maximum absolute atomic E-state index is 13.0. The first-order valence-corrected chi connectivity index (χ1v) is 18.2. The van der Waals surface area contributed by atoms with Crippen molar-refractivity contribution < 1.29 is 47.6 Å². The lowest BCUT2D eigenvalue weighted by molar-refractivity contribution is -0.139. The van der Waals surface area contributed by atoms with Gasteiger partial charge in [0.1, 0.15) is 11.5 Å². The van der Waals surface area contributed by atoms with Crippen molar-refractivity contribution in [3.8, 4) is 23.0 Å². The second kappa shape index (κ2) is 19.8. The highest BCUT2D eigenvalue weighted by Gasteiger charge is 2.17. The molecule has 10 heteroatoms. The molecule has 0 aliphatic heterocycles. The number of hydrogen-bond donors (Lipinski definition) is 0. The summed E-state index contributed by atoms with van der Waals surface area (Å²) in [7, 11) is 1.46. The minimum atomic E-state index is -0.623. The van der Waals surface area contributed by atoms with E-state index < -0.39 is 17.9 Å². The fourth-order valence-corrected chi connectivity index (χ4v) is 5.92. The summed E-state index contributed by atoms with van der Waals surface area (Å²) in [6, 6.07) is 22.0. The van der Waals surface area contributed by atoms with Crippen LogP contribution in [0.3, 0.4) is 0 Å². The molecule has 0 radical (unpaired) electrons. The number of ether oxygens (including phenoxy) is 6. The quantitative estimate of drug-likeness (QED) is 0.0423. The van der Waals surface area contributed by atoms with E-state index in [4.69, 9.17) is 28.4 Å². The van der Waals surface area contributed by atoms with Gasteiger partial charge in [0.15, 0.2) is 11.5 Å². The van der Waals surface area contributed by atoms with Gasteiger partial charge < -0.3 is 28.4 Å². The molecule has 0 atom stereocenters. The number of methoxy groups -OCH3 is 1. The van der Waals surface area contributed by atoms with Crippen LogP contribution in [0.15, 0.2) is 97.1 Å². The van der Waals surface area contributed by atoms with Gasteiger partial charge >= 0.3 is 23.9 Å². The van der Waals surface area contributed by atoms with Crippen molar-refractivity contribution >= 4 is 40.7 Å². The van der Waals surface area contributed by atoms with Gasteiger partial charge in [-0.15, -0.1) is 0 Å². The zero-order chi connectivity index (χ0) is 38.3. The summed E-state index contributed by atoms with van der Waals surface area (Å²) in [5.74, 6) is 0.0635. The van der Waals surface area contributed by atoms with E-state index >= 15 is 0 Å². The zero-order valence-corrected chi connectivity index (χ0v) is 30.8. The molecule has 0 unspecified atom stereocenters. The van der Waals surface area contributed by atoms with Crippen LogP contribution in [0.25, 0.3) is 16.8 Å². The number of esters is 4. The summed E-state index contributed by atoms with van der Waals surface area (Å²) >= 11 is 0. The summed E-state index contributed by atoms with van der Waals surface area (Å²) in [6.07, 6.45) is 11.1. The normalized spacial score (nSPS) is 12.7. The number of fused-ring (bicyclic) bond motifs is 1. The Balaban J connectivity index is 1.07. The third kappa shape index (κ3) is 11.8. The van der Waals surface area contributed by atoms with Crippen LogP contribution >= 0.6 is 0 Å². The predicted octanol–water partition coefficient (Wildman–Crippen LogP) is 9.09. The van der Waals surface area contributed by atoms with Gasteiger partial charge in [-0.3, -0.25) is 0 Å². The van der Waals surface area contributed by atoms with E-state index in [1.807, 2.05) is 24.3 Å². The Kier molecular flexibility index (Phi) is 14.4. The number of carbonyl (C=O) groups is 4. The van der Waals surface area contributed by atoms with Gasteiger partial charge in [-0.1, -0.05) is 37.6 Å². The summed E-state index contributed by atoms with van der Waals surface area (Å²) in [6.45, 7) is 6.60. The molecule has 54 heavy (non-hydrogen) atoms. The predicted molar refractivity (Wildman–Crippen MR) is 205 cm³/mol. The summed E-state index contributed by atoms with van der Waals surface area (Å²) in [5.41, 5.74) is 1.70. The molecule has 4 aromatic rings. The van der Waals surface area contributed by atoms with E-state index in [0.717, 1.165) is 55.0 Å². The molecule has 0 saturated heterocycles. The average molecular weight is 735 g/mol. The minimum absolute atomic E-state index is 0.210. The van der Waals surface area contributed by atoms with Gasteiger partial charge in [-0.05, 0) is 134 Å². The molecule has 5 rings (SSSR count). The van der Waals surface area contributed by atoms with Crippen molar-refractivity contribution in [2.45, 2.75) is 58.3 Å². The number of hydrogen-bond acceptors (Lipinski definition) is 10. The SMILES string of the molecule is C=C(C)C(=O)OCCCCCCOc1ccc2cc(C(=O)Oc3ccc(C(=O)Oc4ccc(/C=C/C(=O)OCC5CCCC5)cc4OC)cc3)ccc2c1. The van der Waals surface area contributed by atoms with E-state index in [0.29, 0.717) is 48.2 Å². The van der Waals surface area contributed by atoms with Crippen molar-refractivity contribution in [2.24, 2.45) is 5.92 Å². The number of carbonyl (C=O) groups excluding carboxylic acids is 4. The second-order valence-corrected chi connectivity index (χ2v) is 13.2. The topological polar surface area (TPSA) is 124 Å². The Hall–Kier alpha value is -5.90. The summed E-state index contributed by atoms with van der Waals surface area (Å²) in [4.78, 5) is 49.5. The van der Waals surface area contributed by atoms with Crippen LogP contribution in [0, 0.1) is 5.92 Å². The van der Waals surface area contributed by atoms with Crippen molar-refractivity contribution in [2.75, 3.05) is 26.9 Å². The average Bonchev–Trinajstić information content (AvgIpc) is 3.71. The molecule has 0 spiro atoms. The van der Waals surface area contributed by atoms with Gasteiger partial charge in [0.25, 0.3) is 0 Å². The highest BCUT2D eigenvalue weighted by molar-refractivity contribution is 5.97. The van der Waals surface area contributed by atoms with E-state index in [2.05, 4.69) is 6.58 Å². The molecular formula is C44H46O10. The first kappa shape index (κ1) is 39.3. The molecule has 1 saturated carbocycles. The second-order valence-electron chi connectivity index (χ2n) is 13.2. The van der Waals surface area contributed by atoms with Crippen LogP contribution in [-0.2, 0) is 19.1 Å². The lowest BCUT2D eigenvalue weighted by Crippen LogP contribution is -2.11. The Labute approximate surface area is 315 Å². The molecule has 282 valence electrons. The van der Waals surface area contributed by atoms with Gasteiger partial charge in [0.05, 0.1) is 38.1 Å². The first-order valence-electron chi connectivity index (χ1n) is 18.2. The molecule has 0 N–H and O–H groups in total. The summed E-state index contributed by atoms with van der Waals surface area (Å²) in [5, 5.41) is 1.78. The van der Waals surface area contributed by atoms with Gasteiger partial charge in [-0.2, -0.15) is 0 Å². The van der Waals surface area contributed by atoms with Crippen LogP contribution in [0.2, 0.25) is 0 Å². The van der Waals surface area contributed by atoms with Crippen molar-refractivity contribution in [1.82, 2.24) is 0 Å². The van der Waals surface area contributed by atoms with E-state index in [1.54, 1.807) is 43.3 Å². The third-order valence-corrected chi connectivity index (χ3v) is 8.98. The zero-order valence-electron chi connectivity index (χ0n) is 30.8. The molecule has 0 amide bonds. The lowest BCUT2D eigenvalue weighted by atomic mass is 10.1. The molecule has 1 aliphatic rings. The number of rotatable bonds is 18. The molecule has 10 nitrogen and oxygen atoms in total. The van der Waals surface area contributed by atoms with Gasteiger partial charge in [-0.25, -0.2) is 19.2 Å².